The molecule has 0 aliphatic heterocycles. The Balaban J connectivity index is 1.68. The summed E-state index contributed by atoms with van der Waals surface area (Å²) >= 11 is 5.92. The molecule has 1 aliphatic rings. The summed E-state index contributed by atoms with van der Waals surface area (Å²) in [4.78, 5) is 40.8. The average Bonchev–Trinajstić information content (AvgIpc) is 2.86. The molecule has 0 bridgehead atoms. The van der Waals surface area contributed by atoms with Gasteiger partial charge in [0.25, 0.3) is 5.56 Å². The molecule has 8 nitrogen and oxygen atoms in total. The van der Waals surface area contributed by atoms with Gasteiger partial charge in [-0.2, -0.15) is 5.10 Å². The zero-order chi connectivity index (χ0) is 26.7. The lowest BCUT2D eigenvalue weighted by atomic mass is 9.73. The molecule has 1 saturated carbocycles. The predicted molar refractivity (Wildman–Crippen MR) is 144 cm³/mol. The van der Waals surface area contributed by atoms with Crippen LogP contribution in [0.4, 0.5) is 4.79 Å². The number of nitrogens with one attached hydrogen (secondary N) is 1. The minimum atomic E-state index is -1.01. The van der Waals surface area contributed by atoms with E-state index in [1.807, 2.05) is 0 Å². The van der Waals surface area contributed by atoms with Crippen LogP contribution in [0.2, 0.25) is 5.02 Å². The van der Waals surface area contributed by atoms with Crippen LogP contribution in [-0.4, -0.2) is 37.9 Å². The summed E-state index contributed by atoms with van der Waals surface area (Å²) in [5.74, 6) is 0.579. The van der Waals surface area contributed by atoms with E-state index in [9.17, 15) is 19.5 Å². The summed E-state index contributed by atoms with van der Waals surface area (Å²) in [6.07, 6.45) is 1.86. The Morgan fingerprint density at radius 3 is 2.46 bits per heavy atom. The minimum Gasteiger partial charge on any atom is -0.465 e. The highest BCUT2D eigenvalue weighted by atomic mass is 35.5. The van der Waals surface area contributed by atoms with Gasteiger partial charge in [-0.3, -0.25) is 14.5 Å². The van der Waals surface area contributed by atoms with Crippen LogP contribution < -0.4 is 11.0 Å². The third kappa shape index (κ3) is 6.13. The fraction of sp³-hybridized carbons (Fsp3) is 0.429. The molecule has 3 atom stereocenters. The summed E-state index contributed by atoms with van der Waals surface area (Å²) in [5, 5.41) is 16.2. The maximum atomic E-state index is 13.2. The van der Waals surface area contributed by atoms with Gasteiger partial charge in [-0.1, -0.05) is 69.1 Å². The molecule has 1 aliphatic carbocycles. The van der Waals surface area contributed by atoms with Gasteiger partial charge >= 0.3 is 6.09 Å². The van der Waals surface area contributed by atoms with Crippen LogP contribution in [0.1, 0.15) is 51.3 Å². The van der Waals surface area contributed by atoms with E-state index in [1.165, 1.54) is 4.90 Å². The van der Waals surface area contributed by atoms with Gasteiger partial charge in [0.05, 0.1) is 24.0 Å². The van der Waals surface area contributed by atoms with Gasteiger partial charge in [0.1, 0.15) is 0 Å². The van der Waals surface area contributed by atoms with E-state index in [1.54, 1.807) is 48.5 Å². The number of carboxylic acid groups (broad SMARTS) is 1. The van der Waals surface area contributed by atoms with Gasteiger partial charge in [0, 0.05) is 16.5 Å². The number of fused-ring (bicyclic) bond motifs is 1. The second-order valence-corrected chi connectivity index (χ2v) is 10.8. The van der Waals surface area contributed by atoms with Gasteiger partial charge in [-0.25, -0.2) is 10.2 Å². The van der Waals surface area contributed by atoms with Crippen molar-refractivity contribution in [3.8, 4) is 0 Å². The zero-order valence-electron chi connectivity index (χ0n) is 21.4. The monoisotopic (exact) mass is 524 g/mol. The van der Waals surface area contributed by atoms with Gasteiger partial charge in [0.15, 0.2) is 0 Å². The first-order valence-corrected chi connectivity index (χ1v) is 13.1. The highest BCUT2D eigenvalue weighted by Crippen LogP contribution is 2.37. The summed E-state index contributed by atoms with van der Waals surface area (Å²) < 4.78 is 0. The van der Waals surface area contributed by atoms with Crippen molar-refractivity contribution in [2.24, 2.45) is 17.8 Å². The molecule has 0 spiro atoms. The van der Waals surface area contributed by atoms with E-state index in [-0.39, 0.29) is 24.9 Å². The van der Waals surface area contributed by atoms with Crippen molar-refractivity contribution < 1.29 is 14.7 Å². The quantitative estimate of drug-likeness (QED) is 0.436. The second kappa shape index (κ2) is 11.3. The van der Waals surface area contributed by atoms with Gasteiger partial charge < -0.3 is 5.11 Å². The van der Waals surface area contributed by atoms with E-state index in [0.29, 0.717) is 33.3 Å². The molecule has 2 aromatic carbocycles. The minimum absolute atomic E-state index is 0.0176. The summed E-state index contributed by atoms with van der Waals surface area (Å²) in [7, 11) is 0. The first-order valence-electron chi connectivity index (χ1n) is 12.7. The highest BCUT2D eigenvalue weighted by Gasteiger charge is 2.37. The van der Waals surface area contributed by atoms with Crippen LogP contribution in [0.25, 0.3) is 10.8 Å². The summed E-state index contributed by atoms with van der Waals surface area (Å²) in [6, 6.07) is 13.7. The van der Waals surface area contributed by atoms with Crippen LogP contribution in [0, 0.1) is 17.8 Å². The number of amides is 2. The molecule has 0 unspecified atom stereocenters. The maximum absolute atomic E-state index is 13.2. The second-order valence-electron chi connectivity index (χ2n) is 10.4. The largest absolute Gasteiger partial charge is 0.465 e. The number of carbonyl (C=O) groups is 2. The van der Waals surface area contributed by atoms with Crippen molar-refractivity contribution in [1.29, 1.82) is 0 Å². The molecular weight excluding hydrogens is 492 g/mol. The van der Waals surface area contributed by atoms with Crippen LogP contribution >= 0.6 is 11.6 Å². The highest BCUT2D eigenvalue weighted by molar-refractivity contribution is 6.30. The smallest absolute Gasteiger partial charge is 0.407 e. The lowest BCUT2D eigenvalue weighted by Gasteiger charge is -2.42. The normalized spacial score (nSPS) is 19.6. The van der Waals surface area contributed by atoms with Gasteiger partial charge in [-0.05, 0) is 54.4 Å². The van der Waals surface area contributed by atoms with Crippen LogP contribution in [0.3, 0.4) is 0 Å². The standard InChI is InChI=1S/C28H33ClN4O4/c1-17(2)21-13-8-18(3)14-25(21)32(28(36)37)16-24-22-6-4-5-7-23(22)27(35)33(30-24)31-26(34)15-19-9-11-20(29)12-10-19/h4-7,9-12,17-18,21,25H,8,13-16H2,1-3H3,(H,31,34)(H,36,37)/t18-,21+,25-/m1/s1. The molecular formula is C28H33ClN4O4. The molecule has 2 N–H and O–H groups in total. The van der Waals surface area contributed by atoms with Gasteiger partial charge in [0.2, 0.25) is 5.91 Å². The van der Waals surface area contributed by atoms with Crippen LogP contribution in [-0.2, 0) is 17.8 Å². The number of benzene rings is 2. The van der Waals surface area contributed by atoms with Crippen molar-refractivity contribution in [3.05, 3.63) is 75.2 Å². The van der Waals surface area contributed by atoms with Crippen molar-refractivity contribution in [3.63, 3.8) is 0 Å². The fourth-order valence-corrected chi connectivity index (χ4v) is 5.52. The van der Waals surface area contributed by atoms with Crippen molar-refractivity contribution in [2.75, 3.05) is 5.43 Å². The van der Waals surface area contributed by atoms with E-state index in [0.717, 1.165) is 29.6 Å². The maximum Gasteiger partial charge on any atom is 0.407 e. The Labute approximate surface area is 221 Å². The third-order valence-corrected chi connectivity index (χ3v) is 7.60. The van der Waals surface area contributed by atoms with E-state index in [2.05, 4.69) is 31.3 Å². The molecule has 2 amide bonds. The molecule has 1 heterocycles. The number of hydrogen-bond donors (Lipinski definition) is 2. The number of halogens is 1. The molecule has 0 saturated heterocycles. The van der Waals surface area contributed by atoms with Crippen molar-refractivity contribution in [2.45, 2.75) is 59.0 Å². The number of aromatic nitrogens is 2. The predicted octanol–water partition coefficient (Wildman–Crippen LogP) is 5.30. The lowest BCUT2D eigenvalue weighted by molar-refractivity contribution is -0.116. The summed E-state index contributed by atoms with van der Waals surface area (Å²) in [6.45, 7) is 6.45. The molecule has 1 fully saturated rings. The number of carbonyl (C=O) groups excluding carboxylic acids is 1. The van der Waals surface area contributed by atoms with E-state index in [4.69, 9.17) is 11.6 Å². The molecule has 37 heavy (non-hydrogen) atoms. The van der Waals surface area contributed by atoms with Crippen molar-refractivity contribution in [1.82, 2.24) is 14.8 Å². The van der Waals surface area contributed by atoms with Crippen molar-refractivity contribution >= 4 is 34.4 Å². The van der Waals surface area contributed by atoms with Crippen LogP contribution in [0.5, 0.6) is 0 Å². The fourth-order valence-electron chi connectivity index (χ4n) is 5.39. The van der Waals surface area contributed by atoms with Gasteiger partial charge in [-0.15, -0.1) is 4.79 Å². The lowest BCUT2D eigenvalue weighted by Crippen LogP contribution is -2.48. The zero-order valence-corrected chi connectivity index (χ0v) is 22.1. The van der Waals surface area contributed by atoms with E-state index < -0.39 is 17.6 Å². The molecule has 1 aromatic heterocycles. The number of rotatable bonds is 7. The Morgan fingerprint density at radius 1 is 1.14 bits per heavy atom. The molecule has 9 heteroatoms. The Kier molecular flexibility index (Phi) is 8.17. The SMILES string of the molecule is CC(C)[C@@H]1CC[C@@H](C)C[C@H]1N(Cc1nn(NC(=O)Cc2ccc(Cl)cc2)c(=O)c2ccccc12)C(=O)O. The molecule has 0 radical (unpaired) electrons. The summed E-state index contributed by atoms with van der Waals surface area (Å²) in [5.41, 5.74) is 3.26. The van der Waals surface area contributed by atoms with E-state index >= 15 is 0 Å². The number of hydrogen-bond acceptors (Lipinski definition) is 4. The van der Waals surface area contributed by atoms with Crippen LogP contribution in [0.15, 0.2) is 53.3 Å². The Morgan fingerprint density at radius 2 is 1.81 bits per heavy atom. The third-order valence-electron chi connectivity index (χ3n) is 7.34. The molecule has 3 aromatic rings. The Hall–Kier alpha value is -3.39. The number of nitrogens with zero attached hydrogens (tertiary/aromatic N) is 3. The average molecular weight is 525 g/mol. The molecule has 196 valence electrons. The topological polar surface area (TPSA) is 105 Å². The first kappa shape index (κ1) is 26.7. The first-order chi connectivity index (χ1) is 17.6. The molecule has 4 rings (SSSR count). The Bertz CT molecular complexity index is 1340.